The van der Waals surface area contributed by atoms with Crippen molar-refractivity contribution >= 4 is 0 Å². The van der Waals surface area contributed by atoms with Crippen molar-refractivity contribution in [2.75, 3.05) is 19.6 Å². The van der Waals surface area contributed by atoms with Crippen LogP contribution in [0.5, 0.6) is 0 Å². The Morgan fingerprint density at radius 2 is 1.78 bits per heavy atom. The average molecular weight is 252 g/mol. The fourth-order valence-electron chi connectivity index (χ4n) is 3.72. The molecule has 1 saturated heterocycles. The quantitative estimate of drug-likeness (QED) is 0.826. The van der Waals surface area contributed by atoms with E-state index in [2.05, 4.69) is 37.9 Å². The molecule has 0 radical (unpaired) electrons. The van der Waals surface area contributed by atoms with Crippen molar-refractivity contribution in [3.8, 4) is 0 Å². The molecule has 2 heteroatoms. The Balaban J connectivity index is 1.76. The van der Waals surface area contributed by atoms with Crippen LogP contribution in [0.2, 0.25) is 0 Å². The molecule has 0 aromatic heterocycles. The first-order valence-corrected chi connectivity index (χ1v) is 7.98. The molecule has 0 atom stereocenters. The van der Waals surface area contributed by atoms with Crippen molar-refractivity contribution in [2.45, 2.75) is 71.9 Å². The van der Waals surface area contributed by atoms with Gasteiger partial charge in [0.25, 0.3) is 0 Å². The van der Waals surface area contributed by atoms with Crippen LogP contribution in [-0.2, 0) is 0 Å². The topological polar surface area (TPSA) is 15.3 Å². The van der Waals surface area contributed by atoms with E-state index in [1.807, 2.05) is 0 Å². The van der Waals surface area contributed by atoms with Crippen LogP contribution < -0.4 is 5.32 Å². The van der Waals surface area contributed by atoms with Gasteiger partial charge in [0.2, 0.25) is 0 Å². The summed E-state index contributed by atoms with van der Waals surface area (Å²) >= 11 is 0. The minimum absolute atomic E-state index is 0.642. The summed E-state index contributed by atoms with van der Waals surface area (Å²) in [6.07, 6.45) is 7.30. The van der Waals surface area contributed by atoms with Gasteiger partial charge in [0, 0.05) is 18.6 Å². The lowest BCUT2D eigenvalue weighted by molar-refractivity contribution is 0.140. The van der Waals surface area contributed by atoms with E-state index in [0.717, 1.165) is 12.0 Å². The van der Waals surface area contributed by atoms with Gasteiger partial charge in [0.05, 0.1) is 0 Å². The largest absolute Gasteiger partial charge is 0.314 e. The molecule has 1 heterocycles. The molecule has 1 N–H and O–H groups in total. The van der Waals surface area contributed by atoms with Gasteiger partial charge >= 0.3 is 0 Å². The number of nitrogens with zero attached hydrogens (tertiary/aromatic N) is 1. The van der Waals surface area contributed by atoms with Crippen LogP contribution in [0.1, 0.15) is 59.8 Å². The zero-order chi connectivity index (χ0) is 13.2. The highest BCUT2D eigenvalue weighted by Crippen LogP contribution is 2.45. The molecule has 2 aliphatic rings. The highest BCUT2D eigenvalue weighted by Gasteiger charge is 2.41. The molecule has 0 aromatic rings. The fourth-order valence-corrected chi connectivity index (χ4v) is 3.72. The molecular formula is C16H32N2. The van der Waals surface area contributed by atoms with Crippen LogP contribution in [0.3, 0.4) is 0 Å². The molecule has 106 valence electrons. The van der Waals surface area contributed by atoms with Crippen LogP contribution in [0, 0.1) is 11.3 Å². The van der Waals surface area contributed by atoms with E-state index < -0.39 is 0 Å². The van der Waals surface area contributed by atoms with Crippen molar-refractivity contribution < 1.29 is 0 Å². The Hall–Kier alpha value is -0.0800. The number of hydrogen-bond donors (Lipinski definition) is 1. The summed E-state index contributed by atoms with van der Waals surface area (Å²) in [6.45, 7) is 13.1. The second-order valence-electron chi connectivity index (χ2n) is 7.32. The minimum atomic E-state index is 0.642. The fraction of sp³-hybridized carbons (Fsp3) is 1.00. The van der Waals surface area contributed by atoms with Gasteiger partial charge in [-0.05, 0) is 70.4 Å². The van der Waals surface area contributed by atoms with Crippen molar-refractivity contribution in [3.05, 3.63) is 0 Å². The lowest BCUT2D eigenvalue weighted by atomic mass is 9.70. The Morgan fingerprint density at radius 3 is 2.28 bits per heavy atom. The van der Waals surface area contributed by atoms with E-state index in [1.165, 1.54) is 51.7 Å². The monoisotopic (exact) mass is 252 g/mol. The third-order valence-corrected chi connectivity index (χ3v) is 5.18. The number of nitrogens with one attached hydrogen (secondary N) is 1. The van der Waals surface area contributed by atoms with Crippen LogP contribution in [0.25, 0.3) is 0 Å². The van der Waals surface area contributed by atoms with E-state index in [0.29, 0.717) is 11.5 Å². The first-order chi connectivity index (χ1) is 8.51. The highest BCUT2D eigenvalue weighted by molar-refractivity contribution is 4.94. The Kier molecular flexibility index (Phi) is 4.71. The lowest BCUT2D eigenvalue weighted by Gasteiger charge is -2.38. The molecule has 0 unspecified atom stereocenters. The molecule has 1 aliphatic heterocycles. The zero-order valence-electron chi connectivity index (χ0n) is 12.8. The summed E-state index contributed by atoms with van der Waals surface area (Å²) in [5.74, 6) is 0.936. The van der Waals surface area contributed by atoms with Gasteiger partial charge in [-0.15, -0.1) is 0 Å². The van der Waals surface area contributed by atoms with Crippen molar-refractivity contribution in [1.29, 1.82) is 0 Å². The smallest absolute Gasteiger partial charge is 0.00412 e. The molecule has 18 heavy (non-hydrogen) atoms. The van der Waals surface area contributed by atoms with Crippen LogP contribution in [0.4, 0.5) is 0 Å². The maximum absolute atomic E-state index is 3.61. The van der Waals surface area contributed by atoms with Gasteiger partial charge in [0.1, 0.15) is 0 Å². The molecule has 0 amide bonds. The maximum Gasteiger partial charge on any atom is 0.00412 e. The van der Waals surface area contributed by atoms with E-state index in [1.54, 1.807) is 0 Å². The Labute approximate surface area is 114 Å². The van der Waals surface area contributed by atoms with E-state index in [-0.39, 0.29) is 0 Å². The molecule has 2 fully saturated rings. The number of likely N-dealkylation sites (tertiary alicyclic amines) is 1. The van der Waals surface area contributed by atoms with Crippen LogP contribution in [-0.4, -0.2) is 36.6 Å². The average Bonchev–Trinajstić information content (AvgIpc) is 2.73. The zero-order valence-corrected chi connectivity index (χ0v) is 12.8. The number of hydrogen-bond acceptors (Lipinski definition) is 2. The lowest BCUT2D eigenvalue weighted by Crippen LogP contribution is -2.37. The second kappa shape index (κ2) is 5.92. The molecule has 2 nitrogen and oxygen atoms in total. The van der Waals surface area contributed by atoms with E-state index >= 15 is 0 Å². The molecule has 1 saturated carbocycles. The summed E-state index contributed by atoms with van der Waals surface area (Å²) in [5, 5.41) is 3.61. The summed E-state index contributed by atoms with van der Waals surface area (Å²) < 4.78 is 0. The van der Waals surface area contributed by atoms with Gasteiger partial charge in [-0.2, -0.15) is 0 Å². The summed E-state index contributed by atoms with van der Waals surface area (Å²) in [6, 6.07) is 1.38. The predicted octanol–water partition coefficient (Wildman–Crippen LogP) is 3.28. The second-order valence-corrected chi connectivity index (χ2v) is 7.32. The Morgan fingerprint density at radius 1 is 1.11 bits per heavy atom. The normalized spacial score (nSPS) is 34.0. The molecule has 0 bridgehead atoms. The Bertz CT molecular complexity index is 252. The SMILES string of the molecule is CC(C)NCC1CCC2(CC1)CCN(C(C)C)C2. The van der Waals surface area contributed by atoms with E-state index in [9.17, 15) is 0 Å². The third-order valence-electron chi connectivity index (χ3n) is 5.18. The summed E-state index contributed by atoms with van der Waals surface area (Å²) in [5.41, 5.74) is 0.693. The molecule has 0 aromatic carbocycles. The van der Waals surface area contributed by atoms with Gasteiger partial charge in [0.15, 0.2) is 0 Å². The molecular weight excluding hydrogens is 220 g/mol. The van der Waals surface area contributed by atoms with Crippen LogP contribution in [0.15, 0.2) is 0 Å². The van der Waals surface area contributed by atoms with Gasteiger partial charge in [-0.3, -0.25) is 0 Å². The summed E-state index contributed by atoms with van der Waals surface area (Å²) in [4.78, 5) is 2.69. The standard InChI is InChI=1S/C16H32N2/c1-13(2)17-11-15-5-7-16(8-6-15)9-10-18(12-16)14(3)4/h13-15,17H,5-12H2,1-4H3. The maximum atomic E-state index is 3.61. The number of rotatable bonds is 4. The van der Waals surface area contributed by atoms with E-state index in [4.69, 9.17) is 0 Å². The summed E-state index contributed by atoms with van der Waals surface area (Å²) in [7, 11) is 0. The van der Waals surface area contributed by atoms with Gasteiger partial charge < -0.3 is 10.2 Å². The first kappa shape index (κ1) is 14.3. The van der Waals surface area contributed by atoms with Crippen molar-refractivity contribution in [3.63, 3.8) is 0 Å². The molecule has 2 rings (SSSR count). The third kappa shape index (κ3) is 3.48. The highest BCUT2D eigenvalue weighted by atomic mass is 15.2. The minimum Gasteiger partial charge on any atom is -0.314 e. The predicted molar refractivity (Wildman–Crippen MR) is 78.9 cm³/mol. The van der Waals surface area contributed by atoms with Crippen LogP contribution >= 0.6 is 0 Å². The molecule has 1 aliphatic carbocycles. The molecule has 1 spiro atoms. The van der Waals surface area contributed by atoms with Gasteiger partial charge in [-0.1, -0.05) is 13.8 Å². The van der Waals surface area contributed by atoms with Gasteiger partial charge in [-0.25, -0.2) is 0 Å². The van der Waals surface area contributed by atoms with Crippen molar-refractivity contribution in [2.24, 2.45) is 11.3 Å². The van der Waals surface area contributed by atoms with Crippen molar-refractivity contribution in [1.82, 2.24) is 10.2 Å². The first-order valence-electron chi connectivity index (χ1n) is 7.98.